The molecule has 228 valence electrons. The molecule has 2 saturated heterocycles. The first-order valence-electron chi connectivity index (χ1n) is 13.8. The Labute approximate surface area is 242 Å². The number of phenols is 2. The first kappa shape index (κ1) is 30.2. The van der Waals surface area contributed by atoms with E-state index in [1.807, 2.05) is 0 Å². The summed E-state index contributed by atoms with van der Waals surface area (Å²) < 4.78 is 22.6. The Kier molecular flexibility index (Phi) is 8.23. The lowest BCUT2D eigenvalue weighted by molar-refractivity contribution is -0.308. The molecule has 0 unspecified atom stereocenters. The number of phenolic OH excluding ortho intramolecular Hbond substituents is 2. The summed E-state index contributed by atoms with van der Waals surface area (Å²) in [6.07, 6.45) is -5.29. The highest BCUT2D eigenvalue weighted by molar-refractivity contribution is 5.91. The molecule has 2 heterocycles. The number of fused-ring (bicyclic) bond motifs is 3. The van der Waals surface area contributed by atoms with Crippen molar-refractivity contribution in [2.45, 2.75) is 74.7 Å². The van der Waals surface area contributed by atoms with Crippen molar-refractivity contribution in [3.63, 3.8) is 0 Å². The van der Waals surface area contributed by atoms with Crippen LogP contribution in [0.2, 0.25) is 0 Å². The highest BCUT2D eigenvalue weighted by Crippen LogP contribution is 2.54. The van der Waals surface area contributed by atoms with Gasteiger partial charge >= 0.3 is 11.9 Å². The molecule has 5 rings (SSSR count). The van der Waals surface area contributed by atoms with E-state index in [2.05, 4.69) is 13.2 Å². The number of carbonyl (C=O) groups excluding carboxylic acids is 2. The fraction of sp³-hybridized carbons (Fsp3) is 0.533. The van der Waals surface area contributed by atoms with E-state index in [0.717, 1.165) is 6.08 Å². The molecule has 12 nitrogen and oxygen atoms in total. The number of esters is 2. The maximum absolute atomic E-state index is 12.3. The van der Waals surface area contributed by atoms with Crippen molar-refractivity contribution in [1.82, 2.24) is 0 Å². The smallest absolute Gasteiger partial charge is 0.334 e. The van der Waals surface area contributed by atoms with E-state index in [1.54, 1.807) is 6.92 Å². The van der Waals surface area contributed by atoms with Crippen molar-refractivity contribution in [3.05, 3.63) is 54.1 Å². The summed E-state index contributed by atoms with van der Waals surface area (Å²) >= 11 is 0. The quantitative estimate of drug-likeness (QED) is 0.118. The van der Waals surface area contributed by atoms with E-state index in [0.29, 0.717) is 29.6 Å². The van der Waals surface area contributed by atoms with Crippen LogP contribution in [-0.2, 0) is 28.5 Å². The minimum absolute atomic E-state index is 0.268. The average Bonchev–Trinajstić information content (AvgIpc) is 3.38. The van der Waals surface area contributed by atoms with Crippen molar-refractivity contribution >= 4 is 18.0 Å². The van der Waals surface area contributed by atoms with Crippen molar-refractivity contribution in [3.8, 4) is 11.5 Å². The first-order chi connectivity index (χ1) is 19.8. The second kappa shape index (κ2) is 11.4. The Morgan fingerprint density at radius 2 is 1.88 bits per heavy atom. The number of hydrogen-bond acceptors (Lipinski definition) is 12. The Morgan fingerprint density at radius 1 is 1.14 bits per heavy atom. The van der Waals surface area contributed by atoms with Crippen LogP contribution in [0.1, 0.15) is 31.7 Å². The van der Waals surface area contributed by atoms with Gasteiger partial charge in [0.2, 0.25) is 0 Å². The van der Waals surface area contributed by atoms with E-state index in [4.69, 9.17) is 18.9 Å². The summed E-state index contributed by atoms with van der Waals surface area (Å²) in [6.45, 7) is 9.30. The van der Waals surface area contributed by atoms with Crippen LogP contribution in [-0.4, -0.2) is 97.7 Å². The summed E-state index contributed by atoms with van der Waals surface area (Å²) in [5.74, 6) is -3.04. The molecule has 1 aromatic carbocycles. The van der Waals surface area contributed by atoms with Gasteiger partial charge in [0.15, 0.2) is 17.8 Å². The molecule has 2 aliphatic heterocycles. The fourth-order valence-electron chi connectivity index (χ4n) is 6.50. The molecule has 6 N–H and O–H groups in total. The first-order valence-corrected chi connectivity index (χ1v) is 13.8. The van der Waals surface area contributed by atoms with Crippen LogP contribution < -0.4 is 0 Å². The molecular weight excluding hydrogens is 552 g/mol. The van der Waals surface area contributed by atoms with Crippen LogP contribution >= 0.6 is 0 Å². The van der Waals surface area contributed by atoms with Crippen LogP contribution in [0.15, 0.2) is 48.6 Å². The van der Waals surface area contributed by atoms with Gasteiger partial charge in [-0.15, -0.1) is 0 Å². The van der Waals surface area contributed by atoms with Crippen molar-refractivity contribution in [1.29, 1.82) is 0 Å². The lowest BCUT2D eigenvalue weighted by Gasteiger charge is -2.41. The van der Waals surface area contributed by atoms with Gasteiger partial charge in [0.05, 0.1) is 11.7 Å². The molecule has 12 heteroatoms. The number of aliphatic hydroxyl groups is 4. The van der Waals surface area contributed by atoms with Crippen molar-refractivity contribution in [2.24, 2.45) is 17.8 Å². The molecular formula is C30H36O12. The van der Waals surface area contributed by atoms with Crippen LogP contribution in [0.3, 0.4) is 0 Å². The SMILES string of the molecule is C=C1[C@@H]2[C@H]3OC(=O)C(=C)[C@@H]3CC[C@@](C)(O)[C@@H]2C[C@@H]1O[C@@H]1O[C@H](COC(=O)/C=C/c2ccc(O)c(O)c2)[C@@H](O)[C@H](O)[C@H]1O. The predicted molar refractivity (Wildman–Crippen MR) is 144 cm³/mol. The Bertz CT molecular complexity index is 1290. The lowest BCUT2D eigenvalue weighted by Crippen LogP contribution is -2.60. The predicted octanol–water partition coefficient (Wildman–Crippen LogP) is 0.682. The molecule has 42 heavy (non-hydrogen) atoms. The molecule has 11 atom stereocenters. The third kappa shape index (κ3) is 5.58. The highest BCUT2D eigenvalue weighted by atomic mass is 16.7. The zero-order chi connectivity index (χ0) is 30.5. The van der Waals surface area contributed by atoms with Gasteiger partial charge < -0.3 is 49.6 Å². The summed E-state index contributed by atoms with van der Waals surface area (Å²) in [5.41, 5.74) is 0.209. The zero-order valence-electron chi connectivity index (χ0n) is 23.0. The van der Waals surface area contributed by atoms with Gasteiger partial charge in [-0.25, -0.2) is 9.59 Å². The maximum atomic E-state index is 12.3. The molecule has 2 aliphatic carbocycles. The second-order valence-corrected chi connectivity index (χ2v) is 11.7. The standard InChI is InChI=1S/C30H36O12/c1-13-16-8-9-30(3,38)17-11-20(14(2)23(17)27(16)42-28(13)37)40-29-26(36)25(35)24(34)21(41-29)12-39-22(33)7-5-15-4-6-18(31)19(32)10-15/h4-7,10,16-17,20-21,23-27,29,31-32,34-36,38H,1-2,8-9,11-12H2,3H3/b7-5+/t16-,17+,20-,21+,23-,24+,25-,26+,27-,29+,30+/m0/s1. The normalized spacial score (nSPS) is 40.0. The molecule has 4 fully saturated rings. The number of hydrogen-bond donors (Lipinski definition) is 6. The number of ether oxygens (including phenoxy) is 4. The zero-order valence-corrected chi connectivity index (χ0v) is 23.0. The topological polar surface area (TPSA) is 192 Å². The highest BCUT2D eigenvalue weighted by Gasteiger charge is 2.58. The molecule has 0 amide bonds. The number of rotatable bonds is 6. The Morgan fingerprint density at radius 3 is 2.60 bits per heavy atom. The lowest BCUT2D eigenvalue weighted by atomic mass is 9.78. The van der Waals surface area contributed by atoms with E-state index < -0.39 is 73.0 Å². The van der Waals surface area contributed by atoms with E-state index >= 15 is 0 Å². The second-order valence-electron chi connectivity index (χ2n) is 11.7. The van der Waals surface area contributed by atoms with Gasteiger partial charge in [-0.2, -0.15) is 0 Å². The van der Waals surface area contributed by atoms with Crippen LogP contribution in [0.5, 0.6) is 11.5 Å². The van der Waals surface area contributed by atoms with Gasteiger partial charge in [0, 0.05) is 29.4 Å². The number of benzene rings is 1. The minimum Gasteiger partial charge on any atom is -0.504 e. The molecule has 0 bridgehead atoms. The molecule has 2 saturated carbocycles. The van der Waals surface area contributed by atoms with Crippen LogP contribution in [0, 0.1) is 17.8 Å². The summed E-state index contributed by atoms with van der Waals surface area (Å²) in [5, 5.41) is 61.9. The Balaban J connectivity index is 1.24. The van der Waals surface area contributed by atoms with Crippen LogP contribution in [0.4, 0.5) is 0 Å². The summed E-state index contributed by atoms with van der Waals surface area (Å²) in [4.78, 5) is 24.6. The Hall–Kier alpha value is -3.26. The average molecular weight is 589 g/mol. The fourth-order valence-corrected chi connectivity index (χ4v) is 6.50. The van der Waals surface area contributed by atoms with E-state index in [-0.39, 0.29) is 29.8 Å². The van der Waals surface area contributed by atoms with Gasteiger partial charge in [-0.3, -0.25) is 0 Å². The van der Waals surface area contributed by atoms with Gasteiger partial charge in [0.25, 0.3) is 0 Å². The molecule has 0 radical (unpaired) electrons. The third-order valence-electron chi connectivity index (χ3n) is 8.98. The van der Waals surface area contributed by atoms with Gasteiger partial charge in [-0.05, 0) is 55.5 Å². The molecule has 4 aliphatic rings. The third-order valence-corrected chi connectivity index (χ3v) is 8.98. The number of aromatic hydroxyl groups is 2. The summed E-state index contributed by atoms with van der Waals surface area (Å²) in [6, 6.07) is 3.97. The van der Waals surface area contributed by atoms with Crippen LogP contribution in [0.25, 0.3) is 6.08 Å². The van der Waals surface area contributed by atoms with Gasteiger partial charge in [-0.1, -0.05) is 19.2 Å². The molecule has 0 spiro atoms. The minimum atomic E-state index is -1.69. The molecule has 1 aromatic rings. The monoisotopic (exact) mass is 588 g/mol. The van der Waals surface area contributed by atoms with Crippen molar-refractivity contribution < 1.29 is 59.2 Å². The molecule has 0 aromatic heterocycles. The largest absolute Gasteiger partial charge is 0.504 e. The number of aliphatic hydroxyl groups excluding tert-OH is 3. The number of carbonyl (C=O) groups is 2. The van der Waals surface area contributed by atoms with E-state index in [9.17, 15) is 40.2 Å². The maximum Gasteiger partial charge on any atom is 0.334 e. The van der Waals surface area contributed by atoms with Crippen molar-refractivity contribution in [2.75, 3.05) is 6.61 Å². The van der Waals surface area contributed by atoms with E-state index in [1.165, 1.54) is 24.3 Å². The summed E-state index contributed by atoms with van der Waals surface area (Å²) in [7, 11) is 0. The van der Waals surface area contributed by atoms with Gasteiger partial charge in [0.1, 0.15) is 37.1 Å².